The van der Waals surface area contributed by atoms with Gasteiger partial charge in [-0.2, -0.15) is 4.31 Å². The number of ether oxygens (including phenoxy) is 1. The van der Waals surface area contributed by atoms with Gasteiger partial charge in [-0.05, 0) is 25.8 Å². The van der Waals surface area contributed by atoms with Crippen LogP contribution in [0, 0.1) is 6.92 Å². The number of aryl methyl sites for hydroxylation is 1. The Morgan fingerprint density at radius 1 is 1.47 bits per heavy atom. The van der Waals surface area contributed by atoms with Gasteiger partial charge in [-0.1, -0.05) is 6.42 Å². The van der Waals surface area contributed by atoms with Crippen LogP contribution in [0.4, 0.5) is 0 Å². The molecule has 0 atom stereocenters. The Hall–Kier alpha value is -0.850. The van der Waals surface area contributed by atoms with E-state index in [2.05, 4.69) is 0 Å². The summed E-state index contributed by atoms with van der Waals surface area (Å²) in [4.78, 5) is 0. The van der Waals surface area contributed by atoms with Crippen LogP contribution in [0.3, 0.4) is 0 Å². The zero-order chi connectivity index (χ0) is 14.1. The van der Waals surface area contributed by atoms with Crippen molar-refractivity contribution in [3.05, 3.63) is 23.7 Å². The van der Waals surface area contributed by atoms with Gasteiger partial charge in [-0.25, -0.2) is 8.42 Å². The smallest absolute Gasteiger partial charge is 0.222 e. The Bertz CT molecular complexity index is 531. The predicted octanol–water partition coefficient (Wildman–Crippen LogP) is 1.92. The molecule has 1 aliphatic carbocycles. The van der Waals surface area contributed by atoms with E-state index in [0.717, 1.165) is 17.7 Å². The van der Waals surface area contributed by atoms with E-state index in [1.165, 1.54) is 4.31 Å². The first-order chi connectivity index (χ1) is 8.93. The maximum absolute atomic E-state index is 12.7. The molecule has 0 spiro atoms. The highest BCUT2D eigenvalue weighted by Crippen LogP contribution is 2.41. The van der Waals surface area contributed by atoms with Crippen LogP contribution in [0.2, 0.25) is 0 Å². The molecule has 1 aromatic heterocycles. The predicted molar refractivity (Wildman–Crippen MR) is 72.3 cm³/mol. The molecular weight excluding hydrogens is 266 g/mol. The molecule has 1 aliphatic rings. The summed E-state index contributed by atoms with van der Waals surface area (Å²) in [5.74, 6) is 0.761. The third-order valence-electron chi connectivity index (χ3n) is 3.99. The number of furan rings is 1. The Balaban J connectivity index is 2.17. The molecule has 0 aliphatic heterocycles. The molecule has 0 N–H and O–H groups in total. The highest BCUT2D eigenvalue weighted by molar-refractivity contribution is 7.90. The van der Waals surface area contributed by atoms with E-state index >= 15 is 0 Å². The van der Waals surface area contributed by atoms with Crippen LogP contribution in [0.15, 0.2) is 16.7 Å². The first-order valence-corrected chi connectivity index (χ1v) is 7.85. The third kappa shape index (κ3) is 2.44. The number of sulfonamides is 1. The molecule has 1 aromatic rings. The first-order valence-electron chi connectivity index (χ1n) is 6.41. The lowest BCUT2D eigenvalue weighted by Crippen LogP contribution is -2.54. The van der Waals surface area contributed by atoms with Gasteiger partial charge in [0.05, 0.1) is 12.9 Å². The van der Waals surface area contributed by atoms with Gasteiger partial charge < -0.3 is 9.15 Å². The second-order valence-electron chi connectivity index (χ2n) is 5.23. The average Bonchev–Trinajstić information content (AvgIpc) is 2.69. The van der Waals surface area contributed by atoms with Gasteiger partial charge in [-0.15, -0.1) is 0 Å². The van der Waals surface area contributed by atoms with Crippen LogP contribution in [0.5, 0.6) is 0 Å². The molecule has 0 aromatic carbocycles. The van der Waals surface area contributed by atoms with Crippen molar-refractivity contribution in [1.82, 2.24) is 4.31 Å². The molecular formula is C13H21NO4S. The number of rotatable bonds is 6. The molecule has 1 heterocycles. The Morgan fingerprint density at radius 2 is 2.16 bits per heavy atom. The van der Waals surface area contributed by atoms with E-state index in [1.54, 1.807) is 20.4 Å². The van der Waals surface area contributed by atoms with Crippen LogP contribution in [0.1, 0.15) is 30.6 Å². The van der Waals surface area contributed by atoms with E-state index in [9.17, 15) is 8.42 Å². The number of hydrogen-bond donors (Lipinski definition) is 0. The lowest BCUT2D eigenvalue weighted by molar-refractivity contribution is 0.123. The largest absolute Gasteiger partial charge is 0.469 e. The van der Waals surface area contributed by atoms with Crippen molar-refractivity contribution in [3.8, 4) is 0 Å². The number of hydrogen-bond acceptors (Lipinski definition) is 4. The zero-order valence-electron chi connectivity index (χ0n) is 11.7. The monoisotopic (exact) mass is 287 g/mol. The van der Waals surface area contributed by atoms with Crippen LogP contribution in [-0.2, 0) is 21.3 Å². The lowest BCUT2D eigenvalue weighted by atomic mass is 9.85. The average molecular weight is 287 g/mol. The van der Waals surface area contributed by atoms with Crippen molar-refractivity contribution in [2.24, 2.45) is 0 Å². The first kappa shape index (κ1) is 14.6. The molecule has 0 radical (unpaired) electrons. The SMILES string of the molecule is COCC1(S(=O)(=O)N(C)Cc2ccoc2C)CCC1. The molecule has 2 rings (SSSR count). The van der Waals surface area contributed by atoms with Gasteiger partial charge in [0.25, 0.3) is 0 Å². The van der Waals surface area contributed by atoms with E-state index in [4.69, 9.17) is 9.15 Å². The van der Waals surface area contributed by atoms with Gasteiger partial charge in [0, 0.05) is 26.3 Å². The molecule has 1 fully saturated rings. The van der Waals surface area contributed by atoms with Crippen LogP contribution in [0.25, 0.3) is 0 Å². The van der Waals surface area contributed by atoms with Crippen molar-refractivity contribution in [2.45, 2.75) is 37.5 Å². The number of methoxy groups -OCH3 is 1. The normalized spacial score (nSPS) is 18.5. The van der Waals surface area contributed by atoms with Crippen molar-refractivity contribution < 1.29 is 17.6 Å². The summed E-state index contributed by atoms with van der Waals surface area (Å²) in [5, 5.41) is 0. The van der Waals surface area contributed by atoms with Crippen LogP contribution in [-0.4, -0.2) is 38.2 Å². The van der Waals surface area contributed by atoms with Gasteiger partial charge in [0.15, 0.2) is 0 Å². The molecule has 108 valence electrons. The fourth-order valence-electron chi connectivity index (χ4n) is 2.54. The van der Waals surface area contributed by atoms with Gasteiger partial charge in [-0.3, -0.25) is 0 Å². The summed E-state index contributed by atoms with van der Waals surface area (Å²) in [6, 6.07) is 1.81. The van der Waals surface area contributed by atoms with E-state index < -0.39 is 14.8 Å². The van der Waals surface area contributed by atoms with E-state index in [1.807, 2.05) is 13.0 Å². The van der Waals surface area contributed by atoms with Crippen LogP contribution >= 0.6 is 0 Å². The van der Waals surface area contributed by atoms with E-state index in [-0.39, 0.29) is 6.61 Å². The summed E-state index contributed by atoms with van der Waals surface area (Å²) in [5.41, 5.74) is 0.901. The molecule has 1 saturated carbocycles. The second kappa shape index (κ2) is 5.26. The summed E-state index contributed by atoms with van der Waals surface area (Å²) in [6.07, 6.45) is 3.89. The topological polar surface area (TPSA) is 59.8 Å². The van der Waals surface area contributed by atoms with Crippen molar-refractivity contribution in [3.63, 3.8) is 0 Å². The summed E-state index contributed by atoms with van der Waals surface area (Å²) < 4.78 is 36.4. The van der Waals surface area contributed by atoms with Gasteiger partial charge in [0.1, 0.15) is 10.5 Å². The maximum atomic E-state index is 12.7. The maximum Gasteiger partial charge on any atom is 0.222 e. The van der Waals surface area contributed by atoms with E-state index in [0.29, 0.717) is 19.4 Å². The summed E-state index contributed by atoms with van der Waals surface area (Å²) >= 11 is 0. The lowest BCUT2D eigenvalue weighted by Gasteiger charge is -2.42. The quantitative estimate of drug-likeness (QED) is 0.802. The van der Waals surface area contributed by atoms with Crippen LogP contribution < -0.4 is 0 Å². The minimum absolute atomic E-state index is 0.268. The molecule has 5 nitrogen and oxygen atoms in total. The highest BCUT2D eigenvalue weighted by Gasteiger charge is 2.50. The van der Waals surface area contributed by atoms with Gasteiger partial charge in [0.2, 0.25) is 10.0 Å². The Labute approximate surface area is 114 Å². The Kier molecular flexibility index (Phi) is 4.03. The van der Waals surface area contributed by atoms with Crippen molar-refractivity contribution in [2.75, 3.05) is 20.8 Å². The molecule has 0 bridgehead atoms. The third-order valence-corrected chi connectivity index (χ3v) is 6.56. The molecule has 0 saturated heterocycles. The minimum Gasteiger partial charge on any atom is -0.469 e. The molecule has 19 heavy (non-hydrogen) atoms. The Morgan fingerprint density at radius 3 is 2.58 bits per heavy atom. The van der Waals surface area contributed by atoms with Crippen molar-refractivity contribution in [1.29, 1.82) is 0 Å². The molecule has 6 heteroatoms. The zero-order valence-corrected chi connectivity index (χ0v) is 12.5. The van der Waals surface area contributed by atoms with Crippen molar-refractivity contribution >= 4 is 10.0 Å². The van der Waals surface area contributed by atoms with Gasteiger partial charge >= 0.3 is 0 Å². The number of nitrogens with zero attached hydrogens (tertiary/aromatic N) is 1. The standard InChI is InChI=1S/C13H21NO4S/c1-11-12(5-8-18-11)9-14(2)19(15,16)13(10-17-3)6-4-7-13/h5,8H,4,6-7,9-10H2,1-3H3. The second-order valence-corrected chi connectivity index (χ2v) is 7.67. The minimum atomic E-state index is -3.35. The summed E-state index contributed by atoms with van der Waals surface area (Å²) in [7, 11) is -0.178. The molecule has 0 unspecified atom stereocenters. The highest BCUT2D eigenvalue weighted by atomic mass is 32.2. The fourth-order valence-corrected chi connectivity index (χ4v) is 4.58. The molecule has 0 amide bonds. The summed E-state index contributed by atoms with van der Waals surface area (Å²) in [6.45, 7) is 2.45. The fraction of sp³-hybridized carbons (Fsp3) is 0.692.